The summed E-state index contributed by atoms with van der Waals surface area (Å²) < 4.78 is 5.02. The van der Waals surface area contributed by atoms with Crippen molar-refractivity contribution < 1.29 is 34.7 Å². The van der Waals surface area contributed by atoms with Crippen LogP contribution in [0.5, 0.6) is 0 Å². The van der Waals surface area contributed by atoms with Crippen molar-refractivity contribution in [2.45, 2.75) is 87.8 Å². The topological polar surface area (TPSA) is 148 Å². The van der Waals surface area contributed by atoms with Gasteiger partial charge in [0.15, 0.2) is 5.78 Å². The van der Waals surface area contributed by atoms with E-state index >= 15 is 0 Å². The molecule has 1 aromatic rings. The van der Waals surface area contributed by atoms with Crippen LogP contribution in [-0.2, 0) is 4.79 Å². The predicted molar refractivity (Wildman–Crippen MR) is 112 cm³/mol. The van der Waals surface area contributed by atoms with E-state index < -0.39 is 69.5 Å². The standard InChI is InChI=1S/C24H32O8/c1-21-9-15(25)16(26)10-23(21,30)7-5-14-18(21)19(28)20(29)22(2)13(6-8-24(14,22)31)12-3-4-17(27)32-11-12/h3-4,11,13-16,18-19,25-26,28,30-31H,5-10H2,1-2H3/t13-,14-,15+,16-,18+,19-,21-,22+,23-,24+/m1/s1. The van der Waals surface area contributed by atoms with Crippen molar-refractivity contribution in [3.05, 3.63) is 34.4 Å². The second-order valence-electron chi connectivity index (χ2n) is 11.1. The number of rotatable bonds is 1. The highest BCUT2D eigenvalue weighted by Crippen LogP contribution is 2.70. The molecular formula is C24H32O8. The van der Waals surface area contributed by atoms with Crippen molar-refractivity contribution in [2.75, 3.05) is 0 Å². The first-order valence-electron chi connectivity index (χ1n) is 11.5. The Morgan fingerprint density at radius 2 is 1.66 bits per heavy atom. The third-order valence-electron chi connectivity index (χ3n) is 10.00. The van der Waals surface area contributed by atoms with E-state index in [0.717, 1.165) is 0 Å². The molecule has 8 nitrogen and oxygen atoms in total. The van der Waals surface area contributed by atoms with Crippen molar-refractivity contribution in [2.24, 2.45) is 22.7 Å². The van der Waals surface area contributed by atoms with Crippen LogP contribution in [0.3, 0.4) is 0 Å². The predicted octanol–water partition coefficient (Wildman–Crippen LogP) is 0.477. The lowest BCUT2D eigenvalue weighted by molar-refractivity contribution is -0.277. The number of Topliss-reactive ketones (excluding diaryl/α,β-unsaturated/α-hetero) is 1. The largest absolute Gasteiger partial charge is 0.431 e. The SMILES string of the molecule is C[C@]12C[C@H](O)[C@H](O)C[C@]1(O)CC[C@@H]1[C@H]2[C@@H](O)C(=O)[C@]2(C)[C@@H](c3ccc(=O)oc3)CC[C@]12O. The van der Waals surface area contributed by atoms with Gasteiger partial charge >= 0.3 is 5.63 Å². The molecule has 0 saturated heterocycles. The summed E-state index contributed by atoms with van der Waals surface area (Å²) in [4.78, 5) is 25.2. The lowest BCUT2D eigenvalue weighted by Gasteiger charge is -2.66. The Morgan fingerprint density at radius 1 is 0.969 bits per heavy atom. The highest BCUT2D eigenvalue weighted by Gasteiger charge is 2.75. The fourth-order valence-electron chi connectivity index (χ4n) is 8.14. The number of carbonyl (C=O) groups is 1. The molecule has 0 spiro atoms. The molecule has 4 aliphatic carbocycles. The Bertz CT molecular complexity index is 985. The minimum atomic E-state index is -1.43. The lowest BCUT2D eigenvalue weighted by atomic mass is 9.40. The quantitative estimate of drug-likeness (QED) is 0.417. The molecule has 1 heterocycles. The molecule has 0 aliphatic heterocycles. The lowest BCUT2D eigenvalue weighted by Crippen LogP contribution is -2.74. The van der Waals surface area contributed by atoms with E-state index in [2.05, 4.69) is 0 Å². The van der Waals surface area contributed by atoms with Crippen molar-refractivity contribution in [1.29, 1.82) is 0 Å². The van der Waals surface area contributed by atoms with E-state index in [1.807, 2.05) is 0 Å². The summed E-state index contributed by atoms with van der Waals surface area (Å²) in [6, 6.07) is 2.90. The van der Waals surface area contributed by atoms with Crippen LogP contribution in [0, 0.1) is 22.7 Å². The summed E-state index contributed by atoms with van der Waals surface area (Å²) in [5.74, 6) is -2.12. The summed E-state index contributed by atoms with van der Waals surface area (Å²) in [5, 5.41) is 55.7. The van der Waals surface area contributed by atoms with Crippen molar-refractivity contribution in [3.8, 4) is 0 Å². The van der Waals surface area contributed by atoms with Gasteiger partial charge in [0.25, 0.3) is 0 Å². The highest BCUT2D eigenvalue weighted by molar-refractivity contribution is 5.93. The summed E-state index contributed by atoms with van der Waals surface area (Å²) in [7, 11) is 0. The van der Waals surface area contributed by atoms with E-state index in [0.29, 0.717) is 31.2 Å². The molecule has 0 aromatic carbocycles. The molecule has 5 rings (SSSR count). The normalized spacial score (nSPS) is 52.8. The van der Waals surface area contributed by atoms with E-state index in [1.165, 1.54) is 12.3 Å². The highest BCUT2D eigenvalue weighted by atomic mass is 16.4. The van der Waals surface area contributed by atoms with Gasteiger partial charge in [0.2, 0.25) is 0 Å². The maximum atomic E-state index is 13.8. The average molecular weight is 449 g/mol. The fourth-order valence-corrected chi connectivity index (χ4v) is 8.14. The fraction of sp³-hybridized carbons (Fsp3) is 0.750. The molecule has 8 heteroatoms. The van der Waals surface area contributed by atoms with Crippen LogP contribution in [0.25, 0.3) is 0 Å². The van der Waals surface area contributed by atoms with Crippen molar-refractivity contribution in [3.63, 3.8) is 0 Å². The van der Waals surface area contributed by atoms with E-state index in [1.54, 1.807) is 19.9 Å². The molecule has 32 heavy (non-hydrogen) atoms. The number of hydrogen-bond donors (Lipinski definition) is 5. The third kappa shape index (κ3) is 2.50. The van der Waals surface area contributed by atoms with Crippen molar-refractivity contribution >= 4 is 5.78 Å². The van der Waals surface area contributed by atoms with Crippen molar-refractivity contribution in [1.82, 2.24) is 0 Å². The Balaban J connectivity index is 1.60. The Labute approximate surface area is 185 Å². The van der Waals surface area contributed by atoms with Gasteiger partial charge in [-0.15, -0.1) is 0 Å². The molecule has 0 radical (unpaired) electrons. The monoisotopic (exact) mass is 448 g/mol. The minimum absolute atomic E-state index is 0.0316. The van der Waals surface area contributed by atoms with Crippen LogP contribution >= 0.6 is 0 Å². The Kier molecular flexibility index (Phi) is 4.67. The molecule has 4 aliphatic rings. The van der Waals surface area contributed by atoms with Crippen LogP contribution in [0.1, 0.15) is 63.9 Å². The third-order valence-corrected chi connectivity index (χ3v) is 10.00. The van der Waals surface area contributed by atoms with Gasteiger partial charge in [0.1, 0.15) is 6.10 Å². The minimum Gasteiger partial charge on any atom is -0.431 e. The van der Waals surface area contributed by atoms with E-state index in [4.69, 9.17) is 4.42 Å². The summed E-state index contributed by atoms with van der Waals surface area (Å²) in [6.45, 7) is 3.46. The molecule has 10 atom stereocenters. The average Bonchev–Trinajstić information content (AvgIpc) is 3.01. The summed E-state index contributed by atoms with van der Waals surface area (Å²) >= 11 is 0. The molecule has 4 saturated carbocycles. The van der Waals surface area contributed by atoms with Crippen LogP contribution in [0.2, 0.25) is 0 Å². The molecule has 176 valence electrons. The van der Waals surface area contributed by atoms with Crippen LogP contribution in [0.15, 0.2) is 27.6 Å². The number of ketones is 1. The molecule has 0 amide bonds. The van der Waals surface area contributed by atoms with Crippen LogP contribution in [0.4, 0.5) is 0 Å². The first kappa shape index (κ1) is 22.2. The molecule has 1 aromatic heterocycles. The van der Waals surface area contributed by atoms with Crippen LogP contribution < -0.4 is 5.63 Å². The Hall–Kier alpha value is -1.58. The molecule has 4 fully saturated rings. The van der Waals surface area contributed by atoms with Gasteiger partial charge in [-0.3, -0.25) is 4.79 Å². The second-order valence-corrected chi connectivity index (χ2v) is 11.1. The second kappa shape index (κ2) is 6.73. The zero-order valence-electron chi connectivity index (χ0n) is 18.4. The maximum Gasteiger partial charge on any atom is 0.335 e. The number of fused-ring (bicyclic) bond motifs is 5. The molecular weight excluding hydrogens is 416 g/mol. The molecule has 0 unspecified atom stereocenters. The number of carbonyl (C=O) groups excluding carboxylic acids is 1. The summed E-state index contributed by atoms with van der Waals surface area (Å²) in [5.41, 5.74) is -4.96. The van der Waals surface area contributed by atoms with Gasteiger partial charge in [0, 0.05) is 29.7 Å². The van der Waals surface area contributed by atoms with Gasteiger partial charge in [-0.2, -0.15) is 0 Å². The number of aliphatic hydroxyl groups excluding tert-OH is 3. The molecule has 0 bridgehead atoms. The number of aliphatic hydroxyl groups is 5. The van der Waals surface area contributed by atoms with Gasteiger partial charge in [-0.1, -0.05) is 6.92 Å². The first-order valence-corrected chi connectivity index (χ1v) is 11.5. The zero-order valence-corrected chi connectivity index (χ0v) is 18.4. The zero-order chi connectivity index (χ0) is 23.3. The summed E-state index contributed by atoms with van der Waals surface area (Å²) in [6.07, 6.45) is -0.712. The first-order chi connectivity index (χ1) is 14.9. The van der Waals surface area contributed by atoms with E-state index in [-0.39, 0.29) is 12.8 Å². The van der Waals surface area contributed by atoms with Gasteiger partial charge in [-0.05, 0) is 56.6 Å². The van der Waals surface area contributed by atoms with Gasteiger partial charge in [-0.25, -0.2) is 4.79 Å². The Morgan fingerprint density at radius 3 is 2.31 bits per heavy atom. The molecule has 5 N–H and O–H groups in total. The van der Waals surface area contributed by atoms with Gasteiger partial charge in [0.05, 0.1) is 35.1 Å². The maximum absolute atomic E-state index is 13.8. The van der Waals surface area contributed by atoms with E-state index in [9.17, 15) is 35.1 Å². The van der Waals surface area contributed by atoms with Gasteiger partial charge < -0.3 is 29.9 Å². The van der Waals surface area contributed by atoms with Crippen LogP contribution in [-0.4, -0.2) is 60.8 Å². The smallest absolute Gasteiger partial charge is 0.335 e. The number of hydrogen-bond acceptors (Lipinski definition) is 8.